The van der Waals surface area contributed by atoms with Crippen molar-refractivity contribution in [3.05, 3.63) is 33.8 Å². The standard InChI is InChI=1S/C20H27Cl2NO3/c1-19(2,3)14-7-9-20(10-8-14,18(25)26-4)23-17(24)11-13-5-6-15(21)12-16(13)22/h5-6,12,14H,7-11H2,1-4H3,(H,23,24). The number of benzene rings is 1. The highest BCUT2D eigenvalue weighted by Gasteiger charge is 2.45. The Morgan fingerprint density at radius 1 is 1.23 bits per heavy atom. The van der Waals surface area contributed by atoms with Gasteiger partial charge >= 0.3 is 5.97 Å². The van der Waals surface area contributed by atoms with E-state index in [0.717, 1.165) is 12.8 Å². The van der Waals surface area contributed by atoms with Crippen LogP contribution in [0.2, 0.25) is 10.0 Å². The van der Waals surface area contributed by atoms with E-state index >= 15 is 0 Å². The normalized spacial score (nSPS) is 23.4. The van der Waals surface area contributed by atoms with E-state index in [1.54, 1.807) is 18.2 Å². The monoisotopic (exact) mass is 399 g/mol. The maximum atomic E-state index is 12.6. The zero-order chi connectivity index (χ0) is 19.5. The molecule has 0 atom stereocenters. The smallest absolute Gasteiger partial charge is 0.331 e. The minimum absolute atomic E-state index is 0.0947. The fourth-order valence-electron chi connectivity index (χ4n) is 3.70. The van der Waals surface area contributed by atoms with Crippen LogP contribution in [0.1, 0.15) is 52.0 Å². The summed E-state index contributed by atoms with van der Waals surface area (Å²) >= 11 is 12.0. The van der Waals surface area contributed by atoms with Gasteiger partial charge in [-0.1, -0.05) is 50.0 Å². The highest BCUT2D eigenvalue weighted by atomic mass is 35.5. The number of amides is 1. The van der Waals surface area contributed by atoms with Gasteiger partial charge in [-0.05, 0) is 54.7 Å². The molecule has 2 rings (SSSR count). The molecule has 6 heteroatoms. The molecule has 0 unspecified atom stereocenters. The summed E-state index contributed by atoms with van der Waals surface area (Å²) in [7, 11) is 1.36. The van der Waals surface area contributed by atoms with Gasteiger partial charge in [0.1, 0.15) is 5.54 Å². The molecule has 0 aromatic heterocycles. The number of esters is 1. The predicted molar refractivity (Wildman–Crippen MR) is 104 cm³/mol. The van der Waals surface area contributed by atoms with Crippen molar-refractivity contribution in [3.63, 3.8) is 0 Å². The minimum atomic E-state index is -0.952. The van der Waals surface area contributed by atoms with E-state index in [1.807, 2.05) is 0 Å². The van der Waals surface area contributed by atoms with Crippen molar-refractivity contribution in [1.82, 2.24) is 5.32 Å². The number of methoxy groups -OCH3 is 1. The topological polar surface area (TPSA) is 55.4 Å². The van der Waals surface area contributed by atoms with Crippen LogP contribution in [0.25, 0.3) is 0 Å². The molecule has 0 saturated heterocycles. The van der Waals surface area contributed by atoms with Gasteiger partial charge in [0.2, 0.25) is 5.91 Å². The van der Waals surface area contributed by atoms with Crippen LogP contribution < -0.4 is 5.32 Å². The number of carbonyl (C=O) groups is 2. The quantitative estimate of drug-likeness (QED) is 0.739. The fraction of sp³-hybridized carbons (Fsp3) is 0.600. The average molecular weight is 400 g/mol. The molecule has 0 radical (unpaired) electrons. The largest absolute Gasteiger partial charge is 0.467 e. The van der Waals surface area contributed by atoms with Crippen LogP contribution >= 0.6 is 23.2 Å². The maximum absolute atomic E-state index is 12.6. The molecular weight excluding hydrogens is 373 g/mol. The first-order valence-corrected chi connectivity index (χ1v) is 9.66. The minimum Gasteiger partial charge on any atom is -0.467 e. The summed E-state index contributed by atoms with van der Waals surface area (Å²) in [4.78, 5) is 25.1. The zero-order valence-corrected chi connectivity index (χ0v) is 17.3. The molecule has 1 N–H and O–H groups in total. The lowest BCUT2D eigenvalue weighted by molar-refractivity contribution is -0.153. The molecule has 1 amide bonds. The highest BCUT2D eigenvalue weighted by Crippen LogP contribution is 2.42. The third-order valence-corrected chi connectivity index (χ3v) is 5.97. The van der Waals surface area contributed by atoms with Gasteiger partial charge in [0.05, 0.1) is 13.5 Å². The molecule has 0 bridgehead atoms. The van der Waals surface area contributed by atoms with Gasteiger partial charge < -0.3 is 10.1 Å². The van der Waals surface area contributed by atoms with Crippen molar-refractivity contribution < 1.29 is 14.3 Å². The Bertz CT molecular complexity index is 674. The first kappa shape index (κ1) is 21.0. The molecule has 0 spiro atoms. The second-order valence-corrected chi connectivity index (χ2v) is 9.02. The van der Waals surface area contributed by atoms with Crippen LogP contribution in [0.3, 0.4) is 0 Å². The molecule has 1 aromatic carbocycles. The van der Waals surface area contributed by atoms with Gasteiger partial charge in [-0.2, -0.15) is 0 Å². The first-order valence-electron chi connectivity index (χ1n) is 8.91. The summed E-state index contributed by atoms with van der Waals surface area (Å²) in [6, 6.07) is 5.03. The first-order chi connectivity index (χ1) is 12.1. The number of rotatable bonds is 4. The number of ether oxygens (including phenoxy) is 1. The molecule has 1 aliphatic carbocycles. The third kappa shape index (κ3) is 4.92. The molecule has 4 nitrogen and oxygen atoms in total. The molecule has 26 heavy (non-hydrogen) atoms. The molecule has 1 aliphatic rings. The van der Waals surface area contributed by atoms with Crippen molar-refractivity contribution >= 4 is 35.1 Å². The van der Waals surface area contributed by atoms with Crippen LogP contribution in [0.15, 0.2) is 18.2 Å². The number of hydrogen-bond acceptors (Lipinski definition) is 3. The zero-order valence-electron chi connectivity index (χ0n) is 15.8. The summed E-state index contributed by atoms with van der Waals surface area (Å²) < 4.78 is 5.01. The second-order valence-electron chi connectivity index (χ2n) is 8.17. The summed E-state index contributed by atoms with van der Waals surface area (Å²) in [6.45, 7) is 6.64. The maximum Gasteiger partial charge on any atom is 0.331 e. The van der Waals surface area contributed by atoms with Crippen molar-refractivity contribution in [2.75, 3.05) is 7.11 Å². The van der Waals surface area contributed by atoms with Gasteiger partial charge in [-0.25, -0.2) is 4.79 Å². The van der Waals surface area contributed by atoms with Gasteiger partial charge in [0, 0.05) is 10.0 Å². The summed E-state index contributed by atoms with van der Waals surface area (Å²) in [6.07, 6.45) is 3.02. The third-order valence-electron chi connectivity index (χ3n) is 5.38. The lowest BCUT2D eigenvalue weighted by Crippen LogP contribution is -2.57. The molecule has 0 aliphatic heterocycles. The Morgan fingerprint density at radius 3 is 2.35 bits per heavy atom. The number of nitrogens with one attached hydrogen (secondary N) is 1. The van der Waals surface area contributed by atoms with E-state index in [-0.39, 0.29) is 23.7 Å². The Kier molecular flexibility index (Phi) is 6.62. The van der Waals surface area contributed by atoms with Crippen molar-refractivity contribution in [3.8, 4) is 0 Å². The van der Waals surface area contributed by atoms with Crippen LogP contribution in [0, 0.1) is 11.3 Å². The Morgan fingerprint density at radius 2 is 1.85 bits per heavy atom. The molecule has 1 saturated carbocycles. The van der Waals surface area contributed by atoms with Crippen LogP contribution in [0.4, 0.5) is 0 Å². The van der Waals surface area contributed by atoms with Crippen molar-refractivity contribution in [2.45, 2.75) is 58.4 Å². The lowest BCUT2D eigenvalue weighted by atomic mass is 9.67. The summed E-state index contributed by atoms with van der Waals surface area (Å²) in [5.74, 6) is -0.0999. The van der Waals surface area contributed by atoms with Gasteiger partial charge in [-0.3, -0.25) is 4.79 Å². The Balaban J connectivity index is 2.11. The van der Waals surface area contributed by atoms with Crippen LogP contribution in [-0.4, -0.2) is 24.5 Å². The number of halogens is 2. The summed E-state index contributed by atoms with van der Waals surface area (Å²) in [5, 5.41) is 3.90. The molecule has 1 fully saturated rings. The fourth-order valence-corrected chi connectivity index (χ4v) is 4.18. The van der Waals surface area contributed by atoms with E-state index in [2.05, 4.69) is 26.1 Å². The predicted octanol–water partition coefficient (Wildman–Crippen LogP) is 4.80. The highest BCUT2D eigenvalue weighted by molar-refractivity contribution is 6.35. The van der Waals surface area contributed by atoms with E-state index in [1.165, 1.54) is 7.11 Å². The van der Waals surface area contributed by atoms with Crippen LogP contribution in [-0.2, 0) is 20.7 Å². The van der Waals surface area contributed by atoms with Crippen molar-refractivity contribution in [1.29, 1.82) is 0 Å². The second kappa shape index (κ2) is 8.18. The van der Waals surface area contributed by atoms with Gasteiger partial charge in [0.25, 0.3) is 0 Å². The average Bonchev–Trinajstić information content (AvgIpc) is 2.56. The Hall–Kier alpha value is -1.26. The molecule has 1 aromatic rings. The number of carbonyl (C=O) groups excluding carboxylic acids is 2. The Labute approximate surface area is 165 Å². The summed E-state index contributed by atoms with van der Waals surface area (Å²) in [5.41, 5.74) is -0.0905. The molecular formula is C20H27Cl2NO3. The van der Waals surface area contributed by atoms with Crippen LogP contribution in [0.5, 0.6) is 0 Å². The van der Waals surface area contributed by atoms with E-state index in [9.17, 15) is 9.59 Å². The van der Waals surface area contributed by atoms with E-state index in [0.29, 0.717) is 34.4 Å². The van der Waals surface area contributed by atoms with Gasteiger partial charge in [0.15, 0.2) is 0 Å². The molecule has 0 heterocycles. The van der Waals surface area contributed by atoms with Crippen molar-refractivity contribution in [2.24, 2.45) is 11.3 Å². The molecule has 144 valence electrons. The lowest BCUT2D eigenvalue weighted by Gasteiger charge is -2.42. The SMILES string of the molecule is COC(=O)C1(NC(=O)Cc2ccc(Cl)cc2Cl)CCC(C(C)(C)C)CC1. The number of hydrogen-bond donors (Lipinski definition) is 1. The van der Waals surface area contributed by atoms with E-state index < -0.39 is 5.54 Å². The van der Waals surface area contributed by atoms with Gasteiger partial charge in [-0.15, -0.1) is 0 Å². The van der Waals surface area contributed by atoms with E-state index in [4.69, 9.17) is 27.9 Å².